The Morgan fingerprint density at radius 3 is 2.85 bits per heavy atom. The van der Waals surface area contributed by atoms with Gasteiger partial charge in [-0.25, -0.2) is 8.78 Å². The Morgan fingerprint density at radius 2 is 2.05 bits per heavy atom. The van der Waals surface area contributed by atoms with Gasteiger partial charge >= 0.3 is 0 Å². The van der Waals surface area contributed by atoms with Crippen LogP contribution in [0.1, 0.15) is 5.82 Å². The van der Waals surface area contributed by atoms with Crippen LogP contribution in [-0.2, 0) is 6.54 Å². The van der Waals surface area contributed by atoms with Gasteiger partial charge in [0.1, 0.15) is 0 Å². The Labute approximate surface area is 114 Å². The van der Waals surface area contributed by atoms with Crippen LogP contribution < -0.4 is 5.32 Å². The third kappa shape index (κ3) is 2.68. The van der Waals surface area contributed by atoms with Gasteiger partial charge in [0.15, 0.2) is 17.5 Å². The van der Waals surface area contributed by atoms with Gasteiger partial charge in [0, 0.05) is 26.2 Å². The molecule has 1 aromatic carbocycles. The Balaban J connectivity index is 1.77. The molecule has 106 valence electrons. The summed E-state index contributed by atoms with van der Waals surface area (Å²) in [4.78, 5) is 6.30. The molecule has 20 heavy (non-hydrogen) atoms. The SMILES string of the molecule is Fc1cccc(-c2nc(CN3CCNCC3)no2)c1F. The second kappa shape index (κ2) is 5.64. The maximum absolute atomic E-state index is 13.6. The molecule has 2 aromatic rings. The number of halogens is 2. The van der Waals surface area contributed by atoms with Crippen LogP contribution in [0.15, 0.2) is 22.7 Å². The molecular weight excluding hydrogens is 266 g/mol. The Hall–Kier alpha value is -1.86. The van der Waals surface area contributed by atoms with Crippen molar-refractivity contribution in [2.24, 2.45) is 0 Å². The highest BCUT2D eigenvalue weighted by Gasteiger charge is 2.18. The van der Waals surface area contributed by atoms with E-state index < -0.39 is 11.6 Å². The van der Waals surface area contributed by atoms with Crippen LogP contribution in [0.2, 0.25) is 0 Å². The number of piperazine rings is 1. The number of rotatable bonds is 3. The van der Waals surface area contributed by atoms with Gasteiger partial charge in [-0.05, 0) is 12.1 Å². The monoisotopic (exact) mass is 280 g/mol. The van der Waals surface area contributed by atoms with Gasteiger partial charge in [0.05, 0.1) is 12.1 Å². The fourth-order valence-corrected chi connectivity index (χ4v) is 2.17. The summed E-state index contributed by atoms with van der Waals surface area (Å²) in [6, 6.07) is 3.88. The molecule has 0 unspecified atom stereocenters. The summed E-state index contributed by atoms with van der Waals surface area (Å²) in [5, 5.41) is 7.07. The zero-order chi connectivity index (χ0) is 13.9. The third-order valence-corrected chi connectivity index (χ3v) is 3.22. The summed E-state index contributed by atoms with van der Waals surface area (Å²) in [6.45, 7) is 4.19. The van der Waals surface area contributed by atoms with Gasteiger partial charge < -0.3 is 9.84 Å². The minimum absolute atomic E-state index is 0.00661. The van der Waals surface area contributed by atoms with Gasteiger partial charge in [0.25, 0.3) is 5.89 Å². The fourth-order valence-electron chi connectivity index (χ4n) is 2.17. The predicted octanol–water partition coefficient (Wildman–Crippen LogP) is 1.42. The normalized spacial score (nSPS) is 16.5. The van der Waals surface area contributed by atoms with Gasteiger partial charge in [0.2, 0.25) is 0 Å². The van der Waals surface area contributed by atoms with Gasteiger partial charge in [-0.1, -0.05) is 11.2 Å². The average Bonchev–Trinajstić information content (AvgIpc) is 2.91. The molecule has 1 fully saturated rings. The molecule has 0 radical (unpaired) electrons. The van der Waals surface area contributed by atoms with E-state index >= 15 is 0 Å². The zero-order valence-corrected chi connectivity index (χ0v) is 10.8. The Bertz CT molecular complexity index is 596. The molecule has 5 nitrogen and oxygen atoms in total. The number of nitrogens with one attached hydrogen (secondary N) is 1. The van der Waals surface area contributed by atoms with E-state index in [0.717, 1.165) is 32.2 Å². The van der Waals surface area contributed by atoms with Crippen LogP contribution in [-0.4, -0.2) is 41.2 Å². The Kier molecular flexibility index (Phi) is 3.70. The van der Waals surface area contributed by atoms with E-state index in [9.17, 15) is 8.78 Å². The molecular formula is C13H14F2N4O. The molecule has 1 aromatic heterocycles. The van der Waals surface area contributed by atoms with Crippen LogP contribution in [0.4, 0.5) is 8.78 Å². The van der Waals surface area contributed by atoms with E-state index in [1.165, 1.54) is 12.1 Å². The van der Waals surface area contributed by atoms with E-state index in [0.29, 0.717) is 12.4 Å². The quantitative estimate of drug-likeness (QED) is 0.921. The van der Waals surface area contributed by atoms with Crippen molar-refractivity contribution in [2.75, 3.05) is 26.2 Å². The molecule has 1 aliphatic heterocycles. The molecule has 0 aliphatic carbocycles. The highest BCUT2D eigenvalue weighted by molar-refractivity contribution is 5.53. The molecule has 1 aliphatic rings. The minimum Gasteiger partial charge on any atom is -0.334 e. The van der Waals surface area contributed by atoms with Crippen LogP contribution in [0.25, 0.3) is 11.5 Å². The van der Waals surface area contributed by atoms with Gasteiger partial charge in [-0.2, -0.15) is 4.98 Å². The highest BCUT2D eigenvalue weighted by atomic mass is 19.2. The van der Waals surface area contributed by atoms with Crippen LogP contribution in [0.3, 0.4) is 0 Å². The standard InChI is InChI=1S/C13H14F2N4O/c14-10-3-1-2-9(12(10)15)13-17-11(18-20-13)8-19-6-4-16-5-7-19/h1-3,16H,4-8H2. The molecule has 1 saturated heterocycles. The first-order valence-corrected chi connectivity index (χ1v) is 6.44. The lowest BCUT2D eigenvalue weighted by Crippen LogP contribution is -2.43. The maximum Gasteiger partial charge on any atom is 0.261 e. The largest absolute Gasteiger partial charge is 0.334 e. The summed E-state index contributed by atoms with van der Waals surface area (Å²) < 4.78 is 31.8. The summed E-state index contributed by atoms with van der Waals surface area (Å²) in [5.74, 6) is -1.41. The minimum atomic E-state index is -0.968. The number of aromatic nitrogens is 2. The van der Waals surface area contributed by atoms with E-state index in [4.69, 9.17) is 4.52 Å². The van der Waals surface area contributed by atoms with Crippen molar-refractivity contribution >= 4 is 0 Å². The molecule has 0 spiro atoms. The summed E-state index contributed by atoms with van der Waals surface area (Å²) >= 11 is 0. The Morgan fingerprint density at radius 1 is 1.25 bits per heavy atom. The van der Waals surface area contributed by atoms with Crippen molar-refractivity contribution in [3.05, 3.63) is 35.7 Å². The summed E-state index contributed by atoms with van der Waals surface area (Å²) in [7, 11) is 0. The van der Waals surface area contributed by atoms with E-state index in [-0.39, 0.29) is 11.5 Å². The second-order valence-corrected chi connectivity index (χ2v) is 4.64. The molecule has 1 N–H and O–H groups in total. The fraction of sp³-hybridized carbons (Fsp3) is 0.385. The topological polar surface area (TPSA) is 54.2 Å². The average molecular weight is 280 g/mol. The van der Waals surface area contributed by atoms with Crippen molar-refractivity contribution in [3.63, 3.8) is 0 Å². The van der Waals surface area contributed by atoms with Crippen LogP contribution in [0.5, 0.6) is 0 Å². The van der Waals surface area contributed by atoms with Crippen molar-refractivity contribution in [2.45, 2.75) is 6.54 Å². The smallest absolute Gasteiger partial charge is 0.261 e. The van der Waals surface area contributed by atoms with E-state index in [1.807, 2.05) is 0 Å². The van der Waals surface area contributed by atoms with Crippen molar-refractivity contribution in [1.82, 2.24) is 20.4 Å². The van der Waals surface area contributed by atoms with Crippen molar-refractivity contribution in [3.8, 4) is 11.5 Å². The molecule has 7 heteroatoms. The maximum atomic E-state index is 13.6. The van der Waals surface area contributed by atoms with Crippen molar-refractivity contribution in [1.29, 1.82) is 0 Å². The summed E-state index contributed by atoms with van der Waals surface area (Å²) in [6.07, 6.45) is 0. The molecule has 2 heterocycles. The zero-order valence-electron chi connectivity index (χ0n) is 10.8. The van der Waals surface area contributed by atoms with E-state index in [2.05, 4.69) is 20.4 Å². The number of hydrogen-bond donors (Lipinski definition) is 1. The number of benzene rings is 1. The molecule has 0 bridgehead atoms. The third-order valence-electron chi connectivity index (χ3n) is 3.22. The molecule has 3 rings (SSSR count). The molecule has 0 amide bonds. The first-order chi connectivity index (χ1) is 9.74. The number of hydrogen-bond acceptors (Lipinski definition) is 5. The van der Waals surface area contributed by atoms with Crippen LogP contribution >= 0.6 is 0 Å². The predicted molar refractivity (Wildman–Crippen MR) is 67.8 cm³/mol. The first-order valence-electron chi connectivity index (χ1n) is 6.44. The lowest BCUT2D eigenvalue weighted by Gasteiger charge is -2.25. The first kappa shape index (κ1) is 13.1. The highest BCUT2D eigenvalue weighted by Crippen LogP contribution is 2.22. The van der Waals surface area contributed by atoms with Crippen molar-refractivity contribution < 1.29 is 13.3 Å². The molecule has 0 atom stereocenters. The van der Waals surface area contributed by atoms with Crippen LogP contribution in [0, 0.1) is 11.6 Å². The molecule has 0 saturated carbocycles. The summed E-state index contributed by atoms with van der Waals surface area (Å²) in [5.41, 5.74) is -0.0101. The lowest BCUT2D eigenvalue weighted by molar-refractivity contribution is 0.225. The number of nitrogens with zero attached hydrogens (tertiary/aromatic N) is 3. The lowest BCUT2D eigenvalue weighted by atomic mass is 10.2. The second-order valence-electron chi connectivity index (χ2n) is 4.64. The van der Waals surface area contributed by atoms with E-state index in [1.54, 1.807) is 0 Å². The van der Waals surface area contributed by atoms with Gasteiger partial charge in [-0.15, -0.1) is 0 Å². The van der Waals surface area contributed by atoms with Gasteiger partial charge in [-0.3, -0.25) is 4.90 Å².